The molecule has 38 heavy (non-hydrogen) atoms. The van der Waals surface area contributed by atoms with Crippen LogP contribution in [-0.4, -0.2) is 49.1 Å². The van der Waals surface area contributed by atoms with Crippen molar-refractivity contribution < 1.29 is 14.3 Å². The summed E-state index contributed by atoms with van der Waals surface area (Å²) in [6.07, 6.45) is 5.51. The van der Waals surface area contributed by atoms with E-state index in [0.717, 1.165) is 57.5 Å². The molecule has 2 aromatic carbocycles. The molecule has 3 aromatic rings. The van der Waals surface area contributed by atoms with Crippen molar-refractivity contribution in [3.8, 4) is 5.75 Å². The van der Waals surface area contributed by atoms with Crippen LogP contribution < -0.4 is 25.6 Å². The number of amides is 2. The van der Waals surface area contributed by atoms with Crippen molar-refractivity contribution >= 4 is 52.2 Å². The molecule has 0 aliphatic carbocycles. The first-order valence-corrected chi connectivity index (χ1v) is 13.5. The average molecular weight is 554 g/mol. The molecule has 8 nitrogen and oxygen atoms in total. The summed E-state index contributed by atoms with van der Waals surface area (Å²) >= 11 is 12.1. The van der Waals surface area contributed by atoms with E-state index in [-0.39, 0.29) is 17.6 Å². The number of rotatable bonds is 7. The first-order chi connectivity index (χ1) is 18.5. The molecule has 0 spiro atoms. The van der Waals surface area contributed by atoms with Crippen molar-refractivity contribution in [1.82, 2.24) is 10.3 Å². The summed E-state index contributed by atoms with van der Waals surface area (Å²) in [5.74, 6) is 0.0343. The van der Waals surface area contributed by atoms with Crippen molar-refractivity contribution in [1.29, 1.82) is 0 Å². The summed E-state index contributed by atoms with van der Waals surface area (Å²) in [5.41, 5.74) is 1.98. The van der Waals surface area contributed by atoms with Gasteiger partial charge < -0.3 is 25.6 Å². The van der Waals surface area contributed by atoms with Crippen molar-refractivity contribution in [2.24, 2.45) is 0 Å². The number of hydrogen-bond acceptors (Lipinski definition) is 6. The maximum atomic E-state index is 13.6. The molecule has 2 saturated heterocycles. The van der Waals surface area contributed by atoms with E-state index in [4.69, 9.17) is 27.9 Å². The maximum Gasteiger partial charge on any atom is 0.259 e. The van der Waals surface area contributed by atoms with Crippen LogP contribution in [0.1, 0.15) is 46.4 Å². The van der Waals surface area contributed by atoms with Gasteiger partial charge in [0, 0.05) is 36.1 Å². The van der Waals surface area contributed by atoms with E-state index in [1.54, 1.807) is 30.3 Å². The standard InChI is InChI=1S/C28H29Cl2N5O3/c29-18-3-7-24(23(15-18)28(37)34-26-8-4-19(30)17-32-26)33-27(36)22-6-5-20(35-13-1-2-14-35)16-25(22)38-21-9-11-31-12-10-21/h3-8,15-17,21,31H,1-2,9-14H2,(H,33,36)(H,32,34,37). The zero-order valence-corrected chi connectivity index (χ0v) is 22.3. The highest BCUT2D eigenvalue weighted by molar-refractivity contribution is 6.31. The van der Waals surface area contributed by atoms with E-state index in [1.165, 1.54) is 12.3 Å². The summed E-state index contributed by atoms with van der Waals surface area (Å²) < 4.78 is 6.38. The maximum absolute atomic E-state index is 13.6. The molecule has 2 fully saturated rings. The van der Waals surface area contributed by atoms with Gasteiger partial charge in [-0.2, -0.15) is 0 Å². The smallest absolute Gasteiger partial charge is 0.259 e. The number of carbonyl (C=O) groups is 2. The molecule has 2 aliphatic heterocycles. The van der Waals surface area contributed by atoms with Crippen molar-refractivity contribution in [2.75, 3.05) is 41.7 Å². The highest BCUT2D eigenvalue weighted by Crippen LogP contribution is 2.31. The first-order valence-electron chi connectivity index (χ1n) is 12.8. The molecule has 0 atom stereocenters. The summed E-state index contributed by atoms with van der Waals surface area (Å²) in [5, 5.41) is 9.77. The Labute approximate surface area is 231 Å². The number of nitrogens with one attached hydrogen (secondary N) is 3. The Morgan fingerprint density at radius 2 is 1.63 bits per heavy atom. The summed E-state index contributed by atoms with van der Waals surface area (Å²) in [6, 6.07) is 13.7. The van der Waals surface area contributed by atoms with Gasteiger partial charge in [0.05, 0.1) is 21.8 Å². The molecular formula is C28H29Cl2N5O3. The molecular weight excluding hydrogens is 525 g/mol. The number of nitrogens with zero attached hydrogens (tertiary/aromatic N) is 2. The molecule has 5 rings (SSSR count). The molecule has 2 amide bonds. The molecule has 198 valence electrons. The van der Waals surface area contributed by atoms with Crippen LogP contribution in [0.3, 0.4) is 0 Å². The predicted octanol–water partition coefficient (Wildman–Crippen LogP) is 5.62. The third-order valence-corrected chi connectivity index (χ3v) is 7.16. The predicted molar refractivity (Wildman–Crippen MR) is 151 cm³/mol. The Morgan fingerprint density at radius 3 is 2.37 bits per heavy atom. The van der Waals surface area contributed by atoms with Gasteiger partial charge in [0.25, 0.3) is 11.8 Å². The lowest BCUT2D eigenvalue weighted by Gasteiger charge is -2.26. The quantitative estimate of drug-likeness (QED) is 0.351. The number of benzene rings is 2. The van der Waals surface area contributed by atoms with Crippen LogP contribution >= 0.6 is 23.2 Å². The van der Waals surface area contributed by atoms with Gasteiger partial charge in [0.2, 0.25) is 0 Å². The van der Waals surface area contributed by atoms with Gasteiger partial charge in [0.15, 0.2) is 0 Å². The molecule has 3 N–H and O–H groups in total. The number of anilines is 3. The molecule has 2 aliphatic rings. The lowest BCUT2D eigenvalue weighted by Crippen LogP contribution is -2.34. The fourth-order valence-corrected chi connectivity index (χ4v) is 4.98. The zero-order chi connectivity index (χ0) is 26.5. The number of piperidine rings is 1. The third-order valence-electron chi connectivity index (χ3n) is 6.70. The number of ether oxygens (including phenoxy) is 1. The topological polar surface area (TPSA) is 95.6 Å². The molecule has 0 saturated carbocycles. The lowest BCUT2D eigenvalue weighted by atomic mass is 10.1. The molecule has 1 aromatic heterocycles. The lowest BCUT2D eigenvalue weighted by molar-refractivity contribution is 0.101. The van der Waals surface area contributed by atoms with E-state index in [0.29, 0.717) is 32.9 Å². The zero-order valence-electron chi connectivity index (χ0n) is 20.8. The van der Waals surface area contributed by atoms with Crippen LogP contribution in [0.5, 0.6) is 5.75 Å². The van der Waals surface area contributed by atoms with E-state index in [2.05, 4.69) is 25.8 Å². The third kappa shape index (κ3) is 6.38. The van der Waals surface area contributed by atoms with Crippen LogP contribution in [0, 0.1) is 0 Å². The highest BCUT2D eigenvalue weighted by Gasteiger charge is 2.23. The van der Waals surface area contributed by atoms with Crippen LogP contribution in [0.15, 0.2) is 54.7 Å². The molecule has 0 unspecified atom stereocenters. The number of hydrogen-bond donors (Lipinski definition) is 3. The van der Waals surface area contributed by atoms with Crippen LogP contribution in [-0.2, 0) is 0 Å². The van der Waals surface area contributed by atoms with Crippen LogP contribution in [0.25, 0.3) is 0 Å². The summed E-state index contributed by atoms with van der Waals surface area (Å²) in [6.45, 7) is 3.74. The van der Waals surface area contributed by atoms with Gasteiger partial charge in [-0.25, -0.2) is 4.98 Å². The van der Waals surface area contributed by atoms with Gasteiger partial charge in [-0.15, -0.1) is 0 Å². The van der Waals surface area contributed by atoms with E-state index in [1.807, 2.05) is 12.1 Å². The van der Waals surface area contributed by atoms with Gasteiger partial charge in [-0.1, -0.05) is 23.2 Å². The Morgan fingerprint density at radius 1 is 0.895 bits per heavy atom. The largest absolute Gasteiger partial charge is 0.489 e. The van der Waals surface area contributed by atoms with Gasteiger partial charge in [-0.05, 0) is 81.2 Å². The number of halogens is 2. The van der Waals surface area contributed by atoms with Crippen LogP contribution in [0.4, 0.5) is 17.2 Å². The highest BCUT2D eigenvalue weighted by atomic mass is 35.5. The number of aromatic nitrogens is 1. The fourth-order valence-electron chi connectivity index (χ4n) is 4.70. The Bertz CT molecular complexity index is 1310. The second kappa shape index (κ2) is 12.0. The SMILES string of the molecule is O=C(Nc1ccc(Cl)cn1)c1cc(Cl)ccc1NC(=O)c1ccc(N2CCCC2)cc1OC1CCNCC1. The average Bonchev–Trinajstić information content (AvgIpc) is 3.47. The minimum Gasteiger partial charge on any atom is -0.489 e. The number of carbonyl (C=O) groups excluding carboxylic acids is 2. The van der Waals surface area contributed by atoms with Gasteiger partial charge in [0.1, 0.15) is 17.7 Å². The Balaban J connectivity index is 1.40. The normalized spacial score (nSPS) is 15.8. The van der Waals surface area contributed by atoms with Crippen molar-refractivity contribution in [3.63, 3.8) is 0 Å². The summed E-state index contributed by atoms with van der Waals surface area (Å²) in [7, 11) is 0. The van der Waals surface area contributed by atoms with E-state index >= 15 is 0 Å². The van der Waals surface area contributed by atoms with Crippen molar-refractivity contribution in [3.05, 3.63) is 75.9 Å². The molecule has 10 heteroatoms. The molecule has 0 radical (unpaired) electrons. The van der Waals surface area contributed by atoms with Gasteiger partial charge in [-0.3, -0.25) is 9.59 Å². The number of pyridine rings is 1. The fraction of sp³-hybridized carbons (Fsp3) is 0.321. The molecule has 3 heterocycles. The molecule has 0 bridgehead atoms. The van der Waals surface area contributed by atoms with Crippen molar-refractivity contribution in [2.45, 2.75) is 31.8 Å². The minimum atomic E-state index is -0.465. The second-order valence-corrected chi connectivity index (χ2v) is 10.3. The Hall–Kier alpha value is -3.33. The summed E-state index contributed by atoms with van der Waals surface area (Å²) in [4.78, 5) is 33.0. The van der Waals surface area contributed by atoms with E-state index in [9.17, 15) is 9.59 Å². The van der Waals surface area contributed by atoms with E-state index < -0.39 is 5.91 Å². The minimum absolute atomic E-state index is 0.0281. The first kappa shape index (κ1) is 26.3. The Kier molecular flexibility index (Phi) is 8.32. The second-order valence-electron chi connectivity index (χ2n) is 9.40. The van der Waals surface area contributed by atoms with Crippen LogP contribution in [0.2, 0.25) is 10.0 Å². The van der Waals surface area contributed by atoms with Gasteiger partial charge >= 0.3 is 0 Å². The monoisotopic (exact) mass is 553 g/mol.